The quantitative estimate of drug-likeness (QED) is 0.710. The Kier molecular flexibility index (Phi) is 4.24. The summed E-state index contributed by atoms with van der Waals surface area (Å²) in [6, 6.07) is 4.79. The van der Waals surface area contributed by atoms with Gasteiger partial charge in [-0.15, -0.1) is 0 Å². The first-order valence-electron chi connectivity index (χ1n) is 7.25. The Balaban J connectivity index is 0.000000133. The summed E-state index contributed by atoms with van der Waals surface area (Å²) in [5.41, 5.74) is 8.14. The van der Waals surface area contributed by atoms with E-state index >= 15 is 0 Å². The van der Waals surface area contributed by atoms with Crippen molar-refractivity contribution in [3.63, 3.8) is 0 Å². The van der Waals surface area contributed by atoms with Crippen LogP contribution in [-0.2, 0) is 0 Å². The van der Waals surface area contributed by atoms with Crippen LogP contribution in [0.2, 0.25) is 0 Å². The molecular formula is C15H19N7. The van der Waals surface area contributed by atoms with Crippen LogP contribution in [0.5, 0.6) is 0 Å². The number of hydrogen-bond acceptors (Lipinski definition) is 6. The molecule has 0 spiro atoms. The first-order valence-corrected chi connectivity index (χ1v) is 7.25. The number of nitrogens with one attached hydrogen (secondary N) is 1. The molecule has 3 N–H and O–H groups in total. The molecule has 0 aromatic carbocycles. The van der Waals surface area contributed by atoms with Gasteiger partial charge in [0.1, 0.15) is 11.8 Å². The van der Waals surface area contributed by atoms with Crippen LogP contribution in [0.1, 0.15) is 24.4 Å². The highest BCUT2D eigenvalue weighted by Gasteiger charge is 2.21. The van der Waals surface area contributed by atoms with Crippen molar-refractivity contribution in [3.05, 3.63) is 42.7 Å². The van der Waals surface area contributed by atoms with Gasteiger partial charge in [-0.3, -0.25) is 9.88 Å². The molecule has 4 heterocycles. The van der Waals surface area contributed by atoms with Gasteiger partial charge in [-0.05, 0) is 38.1 Å². The lowest BCUT2D eigenvalue weighted by Gasteiger charge is -2.18. The maximum atomic E-state index is 5.48. The van der Waals surface area contributed by atoms with Crippen LogP contribution in [0.4, 0.5) is 5.82 Å². The number of pyridine rings is 1. The number of imidazole rings is 1. The Hall–Kier alpha value is -2.54. The number of aromatic nitrogens is 5. The van der Waals surface area contributed by atoms with Crippen molar-refractivity contribution in [2.24, 2.45) is 0 Å². The number of rotatable bonds is 1. The summed E-state index contributed by atoms with van der Waals surface area (Å²) >= 11 is 0. The molecule has 0 aliphatic carbocycles. The number of hydrogen-bond donors (Lipinski definition) is 2. The number of nitrogens with zero attached hydrogens (tertiary/aromatic N) is 5. The zero-order valence-electron chi connectivity index (χ0n) is 12.5. The molecule has 0 amide bonds. The number of nitrogens with two attached hydrogens (primary N) is 1. The maximum Gasteiger partial charge on any atom is 0.182 e. The summed E-state index contributed by atoms with van der Waals surface area (Å²) in [4.78, 5) is 20.9. The van der Waals surface area contributed by atoms with Crippen molar-refractivity contribution < 1.29 is 0 Å². The fourth-order valence-corrected chi connectivity index (χ4v) is 2.69. The molecule has 1 aliphatic heterocycles. The van der Waals surface area contributed by atoms with Gasteiger partial charge in [0.15, 0.2) is 11.5 Å². The van der Waals surface area contributed by atoms with Gasteiger partial charge in [-0.25, -0.2) is 15.0 Å². The monoisotopic (exact) mass is 297 g/mol. The zero-order chi connectivity index (χ0) is 15.4. The van der Waals surface area contributed by atoms with Crippen molar-refractivity contribution in [2.45, 2.75) is 18.9 Å². The van der Waals surface area contributed by atoms with Crippen molar-refractivity contribution >= 4 is 17.0 Å². The van der Waals surface area contributed by atoms with Crippen molar-refractivity contribution in [1.82, 2.24) is 29.8 Å². The van der Waals surface area contributed by atoms with E-state index in [-0.39, 0.29) is 0 Å². The van der Waals surface area contributed by atoms with Crippen molar-refractivity contribution in [1.29, 1.82) is 0 Å². The standard InChI is InChI=1S/C10H14N2.C5H5N5/c1-12-7-3-5-10(12)9-4-2-6-11-8-9;6-4-3-5(9-1-7-3)10-2-8-4/h2,4,6,8,10H,3,5,7H2,1H3;1-2H,(H3,6,7,8,9,10). The van der Waals surface area contributed by atoms with E-state index in [0.717, 1.165) is 0 Å². The second kappa shape index (κ2) is 6.48. The molecule has 7 heteroatoms. The lowest BCUT2D eigenvalue weighted by Crippen LogP contribution is -2.17. The predicted octanol–water partition coefficient (Wildman–Crippen LogP) is 1.78. The van der Waals surface area contributed by atoms with Crippen LogP contribution in [0.3, 0.4) is 0 Å². The summed E-state index contributed by atoms with van der Waals surface area (Å²) < 4.78 is 0. The molecule has 4 rings (SSSR count). The van der Waals surface area contributed by atoms with Crippen LogP contribution in [0.15, 0.2) is 37.2 Å². The number of anilines is 1. The van der Waals surface area contributed by atoms with Crippen molar-refractivity contribution in [2.75, 3.05) is 19.3 Å². The summed E-state index contributed by atoms with van der Waals surface area (Å²) in [5.74, 6) is 0.433. The van der Waals surface area contributed by atoms with Gasteiger partial charge in [0.05, 0.1) is 6.33 Å². The fraction of sp³-hybridized carbons (Fsp3) is 0.333. The molecule has 0 radical (unpaired) electrons. The minimum Gasteiger partial charge on any atom is -0.382 e. The Morgan fingerprint density at radius 2 is 2.23 bits per heavy atom. The predicted molar refractivity (Wildman–Crippen MR) is 84.9 cm³/mol. The SMILES string of the molecule is CN1CCCC1c1cccnc1.Nc1ncnc2nc[nH]c12. The van der Waals surface area contributed by atoms with E-state index in [4.69, 9.17) is 5.73 Å². The minimum absolute atomic E-state index is 0.433. The van der Waals surface area contributed by atoms with Crippen LogP contribution in [0.25, 0.3) is 11.2 Å². The second-order valence-corrected chi connectivity index (χ2v) is 5.29. The molecule has 0 bridgehead atoms. The highest BCUT2D eigenvalue weighted by atomic mass is 15.1. The number of fused-ring (bicyclic) bond motifs is 1. The molecule has 3 aromatic rings. The average Bonchev–Trinajstić information content (AvgIpc) is 3.18. The van der Waals surface area contributed by atoms with Crippen LogP contribution in [-0.4, -0.2) is 43.4 Å². The molecule has 1 unspecified atom stereocenters. The lowest BCUT2D eigenvalue weighted by molar-refractivity contribution is 0.317. The summed E-state index contributed by atoms with van der Waals surface area (Å²) in [6.45, 7) is 1.22. The van der Waals surface area contributed by atoms with Gasteiger partial charge < -0.3 is 10.7 Å². The molecule has 3 aromatic heterocycles. The third-order valence-electron chi connectivity index (χ3n) is 3.84. The lowest BCUT2D eigenvalue weighted by atomic mass is 10.1. The molecule has 7 nitrogen and oxygen atoms in total. The van der Waals surface area contributed by atoms with Crippen LogP contribution in [0, 0.1) is 0 Å². The summed E-state index contributed by atoms with van der Waals surface area (Å²) in [6.07, 6.45) is 9.33. The van der Waals surface area contributed by atoms with E-state index in [0.29, 0.717) is 23.0 Å². The largest absolute Gasteiger partial charge is 0.382 e. The molecule has 1 saturated heterocycles. The van der Waals surface area contributed by atoms with Gasteiger partial charge in [0, 0.05) is 18.4 Å². The smallest absolute Gasteiger partial charge is 0.182 e. The Morgan fingerprint density at radius 3 is 2.91 bits per heavy atom. The van der Waals surface area contributed by atoms with Crippen LogP contribution < -0.4 is 5.73 Å². The molecule has 1 aliphatic rings. The third kappa shape index (κ3) is 3.04. The molecule has 1 atom stereocenters. The number of aromatic amines is 1. The maximum absolute atomic E-state index is 5.48. The molecule has 0 saturated carbocycles. The van der Waals surface area contributed by atoms with E-state index in [1.165, 1.54) is 37.6 Å². The van der Waals surface area contributed by atoms with E-state index in [1.54, 1.807) is 0 Å². The third-order valence-corrected chi connectivity index (χ3v) is 3.84. The van der Waals surface area contributed by atoms with Gasteiger partial charge in [0.2, 0.25) is 0 Å². The van der Waals surface area contributed by atoms with Gasteiger partial charge in [-0.1, -0.05) is 6.07 Å². The van der Waals surface area contributed by atoms with Gasteiger partial charge >= 0.3 is 0 Å². The first kappa shape index (κ1) is 14.4. The molecule has 114 valence electrons. The fourth-order valence-electron chi connectivity index (χ4n) is 2.69. The highest BCUT2D eigenvalue weighted by molar-refractivity contribution is 5.80. The zero-order valence-corrected chi connectivity index (χ0v) is 12.5. The first-order chi connectivity index (χ1) is 10.8. The Morgan fingerprint density at radius 1 is 1.32 bits per heavy atom. The Bertz CT molecular complexity index is 725. The summed E-state index contributed by atoms with van der Waals surface area (Å²) in [5, 5.41) is 0. The second-order valence-electron chi connectivity index (χ2n) is 5.29. The van der Waals surface area contributed by atoms with Gasteiger partial charge in [-0.2, -0.15) is 0 Å². The molecular weight excluding hydrogens is 278 g/mol. The van der Waals surface area contributed by atoms with E-state index in [1.807, 2.05) is 18.5 Å². The molecule has 22 heavy (non-hydrogen) atoms. The Labute approximate surface area is 128 Å². The topological polar surface area (TPSA) is 96.6 Å². The van der Waals surface area contributed by atoms with E-state index in [9.17, 15) is 0 Å². The number of H-pyrrole nitrogens is 1. The van der Waals surface area contributed by atoms with Gasteiger partial charge in [0.25, 0.3) is 0 Å². The van der Waals surface area contributed by atoms with Crippen LogP contribution >= 0.6 is 0 Å². The minimum atomic E-state index is 0.433. The highest BCUT2D eigenvalue weighted by Crippen LogP contribution is 2.29. The number of nitrogen functional groups attached to an aromatic ring is 1. The number of likely N-dealkylation sites (tertiary alicyclic amines) is 1. The average molecular weight is 297 g/mol. The van der Waals surface area contributed by atoms with E-state index in [2.05, 4.69) is 42.9 Å². The van der Waals surface area contributed by atoms with E-state index < -0.39 is 0 Å². The van der Waals surface area contributed by atoms with Crippen molar-refractivity contribution in [3.8, 4) is 0 Å². The summed E-state index contributed by atoms with van der Waals surface area (Å²) in [7, 11) is 2.19. The normalized spacial score (nSPS) is 18.1. The molecule has 1 fully saturated rings.